The van der Waals surface area contributed by atoms with Crippen LogP contribution in [0.25, 0.3) is 0 Å². The van der Waals surface area contributed by atoms with Crippen molar-refractivity contribution in [2.45, 2.75) is 13.0 Å². The lowest BCUT2D eigenvalue weighted by Gasteiger charge is -2.09. The van der Waals surface area contributed by atoms with Crippen LogP contribution < -0.4 is 5.32 Å². The largest absolute Gasteiger partial charge is 0.339 e. The highest BCUT2D eigenvalue weighted by Crippen LogP contribution is 2.14. The second kappa shape index (κ2) is 4.71. The number of carbonyl (C=O) groups is 1. The molecule has 1 atom stereocenters. The van der Waals surface area contributed by atoms with Gasteiger partial charge in [0.15, 0.2) is 0 Å². The molecular weight excluding hydrogens is 219 g/mol. The van der Waals surface area contributed by atoms with Crippen molar-refractivity contribution < 1.29 is 18.0 Å². The van der Waals surface area contributed by atoms with Gasteiger partial charge in [0.05, 0.1) is 6.04 Å². The number of amides is 1. The van der Waals surface area contributed by atoms with Crippen molar-refractivity contribution in [1.82, 2.24) is 5.32 Å². The van der Waals surface area contributed by atoms with E-state index >= 15 is 0 Å². The molecular formula is C11H8F3NO. The van der Waals surface area contributed by atoms with E-state index in [4.69, 9.17) is 6.42 Å². The Morgan fingerprint density at radius 2 is 1.88 bits per heavy atom. The van der Waals surface area contributed by atoms with Crippen LogP contribution in [-0.4, -0.2) is 11.9 Å². The summed E-state index contributed by atoms with van der Waals surface area (Å²) in [4.78, 5) is 11.4. The minimum atomic E-state index is -1.26. The number of halogens is 3. The molecule has 1 N–H and O–H groups in total. The highest BCUT2D eigenvalue weighted by atomic mass is 19.1. The predicted molar refractivity (Wildman–Crippen MR) is 52.1 cm³/mol. The molecule has 0 heterocycles. The van der Waals surface area contributed by atoms with Crippen LogP contribution >= 0.6 is 0 Å². The molecule has 0 aliphatic heterocycles. The molecule has 0 saturated carbocycles. The highest BCUT2D eigenvalue weighted by molar-refractivity contribution is 5.95. The number of benzene rings is 1. The first-order valence-corrected chi connectivity index (χ1v) is 4.37. The van der Waals surface area contributed by atoms with Crippen LogP contribution in [0.4, 0.5) is 13.2 Å². The third-order valence-electron chi connectivity index (χ3n) is 1.83. The lowest BCUT2D eigenvalue weighted by atomic mass is 10.1. The van der Waals surface area contributed by atoms with Crippen LogP contribution in [0.3, 0.4) is 0 Å². The summed E-state index contributed by atoms with van der Waals surface area (Å²) in [5.74, 6) is -2.46. The molecule has 0 spiro atoms. The van der Waals surface area contributed by atoms with Crippen molar-refractivity contribution in [2.24, 2.45) is 0 Å². The van der Waals surface area contributed by atoms with Gasteiger partial charge in [0.2, 0.25) is 0 Å². The molecule has 0 saturated heterocycles. The van der Waals surface area contributed by atoms with Crippen molar-refractivity contribution in [3.8, 4) is 12.3 Å². The first-order valence-electron chi connectivity index (χ1n) is 4.37. The zero-order chi connectivity index (χ0) is 12.3. The quantitative estimate of drug-likeness (QED) is 0.767. The van der Waals surface area contributed by atoms with Crippen LogP contribution in [0.2, 0.25) is 0 Å². The van der Waals surface area contributed by atoms with E-state index in [1.807, 2.05) is 0 Å². The van der Waals surface area contributed by atoms with E-state index < -0.39 is 35.0 Å². The van der Waals surface area contributed by atoms with Gasteiger partial charge in [-0.25, -0.2) is 13.2 Å². The van der Waals surface area contributed by atoms with Crippen LogP contribution in [0.5, 0.6) is 0 Å². The molecule has 84 valence electrons. The van der Waals surface area contributed by atoms with E-state index in [1.165, 1.54) is 6.92 Å². The molecule has 16 heavy (non-hydrogen) atoms. The molecule has 1 rings (SSSR count). The van der Waals surface area contributed by atoms with Crippen LogP contribution in [0, 0.1) is 29.8 Å². The van der Waals surface area contributed by atoms with Gasteiger partial charge < -0.3 is 5.32 Å². The Balaban J connectivity index is 3.06. The topological polar surface area (TPSA) is 29.1 Å². The van der Waals surface area contributed by atoms with E-state index in [9.17, 15) is 18.0 Å². The Labute approximate surface area is 90.5 Å². The summed E-state index contributed by atoms with van der Waals surface area (Å²) in [5.41, 5.74) is -0.844. The molecule has 0 radical (unpaired) electrons. The molecule has 1 amide bonds. The maximum atomic E-state index is 13.1. The molecule has 0 aliphatic carbocycles. The Kier molecular flexibility index (Phi) is 3.56. The molecule has 0 bridgehead atoms. The standard InChI is InChI=1S/C11H8F3NO/c1-3-6(2)15-11(16)10-8(13)4-7(12)5-9(10)14/h1,4-6H,2H3,(H,15,16). The average molecular weight is 227 g/mol. The zero-order valence-corrected chi connectivity index (χ0v) is 8.35. The van der Waals surface area contributed by atoms with E-state index in [2.05, 4.69) is 11.2 Å². The summed E-state index contributed by atoms with van der Waals surface area (Å²) in [6, 6.07) is 0.188. The van der Waals surface area contributed by atoms with Gasteiger partial charge in [0.25, 0.3) is 5.91 Å². The SMILES string of the molecule is C#CC(C)NC(=O)c1c(F)cc(F)cc1F. The fourth-order valence-corrected chi connectivity index (χ4v) is 1.07. The number of nitrogens with one attached hydrogen (secondary N) is 1. The van der Waals surface area contributed by atoms with Crippen LogP contribution in [-0.2, 0) is 0 Å². The molecule has 0 aliphatic rings. The van der Waals surface area contributed by atoms with Crippen molar-refractivity contribution >= 4 is 5.91 Å². The normalized spacial score (nSPS) is 11.7. The van der Waals surface area contributed by atoms with Crippen LogP contribution in [0.15, 0.2) is 12.1 Å². The summed E-state index contributed by atoms with van der Waals surface area (Å²) >= 11 is 0. The van der Waals surface area contributed by atoms with E-state index in [0.717, 1.165) is 0 Å². The zero-order valence-electron chi connectivity index (χ0n) is 8.35. The minimum Gasteiger partial charge on any atom is -0.339 e. The first kappa shape index (κ1) is 12.1. The lowest BCUT2D eigenvalue weighted by Crippen LogP contribution is -2.32. The summed E-state index contributed by atoms with van der Waals surface area (Å²) in [5, 5.41) is 2.17. The number of hydrogen-bond donors (Lipinski definition) is 1. The number of terminal acetylenes is 1. The van der Waals surface area contributed by atoms with Crippen molar-refractivity contribution in [3.63, 3.8) is 0 Å². The summed E-state index contributed by atoms with van der Waals surface area (Å²) in [7, 11) is 0. The molecule has 0 aromatic heterocycles. The lowest BCUT2D eigenvalue weighted by molar-refractivity contribution is 0.0939. The third kappa shape index (κ3) is 2.54. The fourth-order valence-electron chi connectivity index (χ4n) is 1.07. The van der Waals surface area contributed by atoms with Gasteiger partial charge in [-0.05, 0) is 6.92 Å². The van der Waals surface area contributed by atoms with Crippen molar-refractivity contribution in [3.05, 3.63) is 35.1 Å². The van der Waals surface area contributed by atoms with Gasteiger partial charge >= 0.3 is 0 Å². The average Bonchev–Trinajstić information content (AvgIpc) is 2.15. The van der Waals surface area contributed by atoms with E-state index in [0.29, 0.717) is 12.1 Å². The maximum absolute atomic E-state index is 13.1. The third-order valence-corrected chi connectivity index (χ3v) is 1.83. The summed E-state index contributed by atoms with van der Waals surface area (Å²) in [6.45, 7) is 1.47. The molecule has 1 aromatic carbocycles. The van der Waals surface area contributed by atoms with E-state index in [-0.39, 0.29) is 0 Å². The summed E-state index contributed by atoms with van der Waals surface area (Å²) < 4.78 is 38.8. The van der Waals surface area contributed by atoms with Gasteiger partial charge in [0, 0.05) is 12.1 Å². The second-order valence-corrected chi connectivity index (χ2v) is 3.11. The summed E-state index contributed by atoms with van der Waals surface area (Å²) in [6.07, 6.45) is 4.99. The molecule has 5 heteroatoms. The Morgan fingerprint density at radius 3 is 2.31 bits per heavy atom. The number of rotatable bonds is 2. The minimum absolute atomic E-state index is 0.429. The predicted octanol–water partition coefficient (Wildman–Crippen LogP) is 1.86. The Hall–Kier alpha value is -1.96. The first-order chi connectivity index (χ1) is 7.45. The van der Waals surface area contributed by atoms with Gasteiger partial charge in [-0.1, -0.05) is 5.92 Å². The number of carbonyl (C=O) groups excluding carboxylic acids is 1. The van der Waals surface area contributed by atoms with Gasteiger partial charge in [-0.3, -0.25) is 4.79 Å². The van der Waals surface area contributed by atoms with Gasteiger partial charge in [-0.2, -0.15) is 0 Å². The Morgan fingerprint density at radius 1 is 1.38 bits per heavy atom. The molecule has 2 nitrogen and oxygen atoms in total. The Bertz CT molecular complexity index is 442. The van der Waals surface area contributed by atoms with E-state index in [1.54, 1.807) is 0 Å². The van der Waals surface area contributed by atoms with Crippen LogP contribution in [0.1, 0.15) is 17.3 Å². The maximum Gasteiger partial charge on any atom is 0.258 e. The molecule has 0 fully saturated rings. The molecule has 1 aromatic rings. The van der Waals surface area contributed by atoms with Crippen molar-refractivity contribution in [2.75, 3.05) is 0 Å². The fraction of sp³-hybridized carbons (Fsp3) is 0.182. The van der Waals surface area contributed by atoms with Crippen molar-refractivity contribution in [1.29, 1.82) is 0 Å². The smallest absolute Gasteiger partial charge is 0.258 e. The molecule has 1 unspecified atom stereocenters. The number of hydrogen-bond acceptors (Lipinski definition) is 1. The van der Waals surface area contributed by atoms with Gasteiger partial charge in [0.1, 0.15) is 23.0 Å². The highest BCUT2D eigenvalue weighted by Gasteiger charge is 2.19. The second-order valence-electron chi connectivity index (χ2n) is 3.11. The monoisotopic (exact) mass is 227 g/mol. The van der Waals surface area contributed by atoms with Gasteiger partial charge in [-0.15, -0.1) is 6.42 Å².